The van der Waals surface area contributed by atoms with Gasteiger partial charge in [0.2, 0.25) is 5.78 Å². The van der Waals surface area contributed by atoms with Gasteiger partial charge in [-0.25, -0.2) is 13.3 Å². The number of carbonyl (C=O) groups is 1. The zero-order valence-electron chi connectivity index (χ0n) is 25.6. The molecule has 0 spiro atoms. The number of ketones is 1. The van der Waals surface area contributed by atoms with E-state index in [0.717, 1.165) is 40.7 Å². The molecule has 3 heterocycles. The van der Waals surface area contributed by atoms with Gasteiger partial charge < -0.3 is 19.4 Å². The molecule has 0 aliphatic heterocycles. The second-order valence-corrected chi connectivity index (χ2v) is 11.8. The number of allylic oxidation sites excluding steroid dienone is 2. The number of H-pyrrole nitrogens is 2. The van der Waals surface area contributed by atoms with Gasteiger partial charge in [0.1, 0.15) is 11.4 Å². The monoisotopic (exact) mass is 635 g/mol. The fourth-order valence-corrected chi connectivity index (χ4v) is 5.74. The van der Waals surface area contributed by atoms with Crippen molar-refractivity contribution in [2.45, 2.75) is 52.9 Å². The van der Waals surface area contributed by atoms with Gasteiger partial charge in [0, 0.05) is 28.4 Å². The van der Waals surface area contributed by atoms with Crippen LogP contribution >= 0.6 is 11.9 Å². The van der Waals surface area contributed by atoms with Gasteiger partial charge in [0.15, 0.2) is 17.4 Å². The highest BCUT2D eigenvalue weighted by Crippen LogP contribution is 2.32. The topological polar surface area (TPSA) is 87.2 Å². The molecule has 11 heteroatoms. The van der Waals surface area contributed by atoms with E-state index < -0.39 is 17.4 Å². The van der Waals surface area contributed by atoms with E-state index in [2.05, 4.69) is 39.7 Å². The zero-order valence-corrected chi connectivity index (χ0v) is 26.5. The molecule has 2 aromatic carbocycles. The van der Waals surface area contributed by atoms with Crippen LogP contribution in [0.1, 0.15) is 74.5 Å². The van der Waals surface area contributed by atoms with Crippen LogP contribution in [0.15, 0.2) is 54.4 Å². The van der Waals surface area contributed by atoms with Crippen LogP contribution in [0.2, 0.25) is 0 Å². The van der Waals surface area contributed by atoms with Crippen molar-refractivity contribution >= 4 is 52.1 Å². The molecule has 0 fully saturated rings. The summed E-state index contributed by atoms with van der Waals surface area (Å²) in [4.78, 5) is 20.4. The highest BCUT2D eigenvalue weighted by atomic mass is 32.2. The Morgan fingerprint density at radius 3 is 2.64 bits per heavy atom. The van der Waals surface area contributed by atoms with Crippen LogP contribution in [0.4, 0.5) is 18.9 Å². The number of imidazole rings is 1. The molecule has 5 aromatic rings. The lowest BCUT2D eigenvalue weighted by Gasteiger charge is -2.14. The largest absolute Gasteiger partial charge is 0.451 e. The van der Waals surface area contributed by atoms with Crippen molar-refractivity contribution < 1.29 is 22.7 Å². The molecular weight excluding hydrogens is 599 g/mol. The number of aromatic nitrogens is 4. The molecule has 0 atom stereocenters. The molecule has 0 saturated carbocycles. The van der Waals surface area contributed by atoms with Gasteiger partial charge in [-0.1, -0.05) is 51.3 Å². The number of benzene rings is 2. The lowest BCUT2D eigenvalue weighted by molar-refractivity contribution is 0.103. The molecule has 0 bridgehead atoms. The molecule has 0 radical (unpaired) electrons. The van der Waals surface area contributed by atoms with E-state index in [1.54, 1.807) is 16.7 Å². The second kappa shape index (κ2) is 14.2. The molecule has 5 rings (SSSR count). The minimum absolute atomic E-state index is 0.232. The van der Waals surface area contributed by atoms with Gasteiger partial charge >= 0.3 is 0 Å². The van der Waals surface area contributed by atoms with Crippen LogP contribution in [-0.4, -0.2) is 37.8 Å². The van der Waals surface area contributed by atoms with Crippen molar-refractivity contribution in [3.8, 4) is 5.75 Å². The maximum atomic E-state index is 14.4. The van der Waals surface area contributed by atoms with Crippen molar-refractivity contribution in [1.29, 1.82) is 0 Å². The van der Waals surface area contributed by atoms with Crippen LogP contribution in [0.25, 0.3) is 28.7 Å². The van der Waals surface area contributed by atoms with E-state index in [-0.39, 0.29) is 24.1 Å². The number of fused-ring (bicyclic) bond motifs is 2. The molecule has 45 heavy (non-hydrogen) atoms. The first kappa shape index (κ1) is 32.0. The third-order valence-corrected chi connectivity index (χ3v) is 8.18. The summed E-state index contributed by atoms with van der Waals surface area (Å²) in [5, 5.41) is 6.59. The number of halogens is 3. The predicted molar refractivity (Wildman–Crippen MR) is 176 cm³/mol. The third kappa shape index (κ3) is 6.83. The number of nitrogens with zero attached hydrogens (tertiary/aromatic N) is 2. The van der Waals surface area contributed by atoms with Crippen LogP contribution in [-0.2, 0) is 0 Å². The Hall–Kier alpha value is -4.38. The average Bonchev–Trinajstić information content (AvgIpc) is 3.72. The van der Waals surface area contributed by atoms with Gasteiger partial charge in [-0.05, 0) is 67.7 Å². The second-order valence-electron chi connectivity index (χ2n) is 10.9. The summed E-state index contributed by atoms with van der Waals surface area (Å²) >= 11 is 1.46. The Balaban J connectivity index is 1.52. The fourth-order valence-electron chi connectivity index (χ4n) is 5.06. The highest BCUT2D eigenvalue weighted by Gasteiger charge is 2.20. The van der Waals surface area contributed by atoms with Gasteiger partial charge in [-0.2, -0.15) is 5.10 Å². The number of aromatic amines is 2. The number of para-hydroxylation sites is 1. The number of nitrogens with one attached hydrogen (secondary N) is 3. The summed E-state index contributed by atoms with van der Waals surface area (Å²) < 4.78 is 52.0. The molecule has 0 amide bonds. The molecule has 0 aliphatic carbocycles. The number of carbonyl (C=O) groups excluding carboxylic acids is 1. The van der Waals surface area contributed by atoms with Gasteiger partial charge in [0.25, 0.3) is 0 Å². The number of hydrogen-bond donors (Lipinski definition) is 3. The molecule has 3 N–H and O–H groups in total. The van der Waals surface area contributed by atoms with Crippen molar-refractivity contribution in [2.24, 2.45) is 0 Å². The molecule has 236 valence electrons. The maximum absolute atomic E-state index is 14.4. The van der Waals surface area contributed by atoms with Gasteiger partial charge in [-0.15, -0.1) is 0 Å². The van der Waals surface area contributed by atoms with Gasteiger partial charge in [-0.3, -0.25) is 9.18 Å². The zero-order chi connectivity index (χ0) is 32.1. The molecule has 0 aliphatic rings. The van der Waals surface area contributed by atoms with Crippen LogP contribution in [0.5, 0.6) is 5.75 Å². The number of anilines is 1. The minimum Gasteiger partial charge on any atom is -0.451 e. The van der Waals surface area contributed by atoms with Crippen molar-refractivity contribution in [3.05, 3.63) is 93.6 Å². The van der Waals surface area contributed by atoms with Crippen LogP contribution in [0.3, 0.4) is 0 Å². The Morgan fingerprint density at radius 1 is 1.18 bits per heavy atom. The van der Waals surface area contributed by atoms with E-state index >= 15 is 0 Å². The highest BCUT2D eigenvalue weighted by molar-refractivity contribution is 8.00. The van der Waals surface area contributed by atoms with Crippen LogP contribution in [0, 0.1) is 11.6 Å². The summed E-state index contributed by atoms with van der Waals surface area (Å²) in [6, 6.07) is 9.43. The van der Waals surface area contributed by atoms with Crippen molar-refractivity contribution in [3.63, 3.8) is 0 Å². The summed E-state index contributed by atoms with van der Waals surface area (Å²) in [5.74, 6) is -1.21. The Labute approximate surface area is 263 Å². The number of rotatable bonds is 13. The average molecular weight is 636 g/mol. The first-order valence-electron chi connectivity index (χ1n) is 15.0. The first-order chi connectivity index (χ1) is 21.7. The standard InChI is InChI=1S/C34H36F3N5O2S/c1-5-7-10-22(44-33-25(36)11-8-12-26(33)37)17-29-31(6-2)42-34(40-29)24(19-38-42)32(43)30-16-21-15-23(20(3)4)28(18-27(21)39-30)41-45-14-9-13-35/h6,8,10-12,15-20,39-41H,5,7,9,13-14H2,1-4H3/b22-10-,29-17+,31-6+. The Bertz CT molecular complexity index is 1970. The molecule has 7 nitrogen and oxygen atoms in total. The summed E-state index contributed by atoms with van der Waals surface area (Å²) in [6.07, 6.45) is 8.66. The number of ether oxygens (including phenoxy) is 1. The normalized spacial score (nSPS) is 13.1. The molecular formula is C34H36F3N5O2S. The molecule has 0 saturated heterocycles. The summed E-state index contributed by atoms with van der Waals surface area (Å²) in [6.45, 7) is 7.67. The number of alkyl halides is 1. The number of hydrogen-bond acceptors (Lipinski definition) is 5. The first-order valence-corrected chi connectivity index (χ1v) is 15.9. The summed E-state index contributed by atoms with van der Waals surface area (Å²) in [7, 11) is 0. The van der Waals surface area contributed by atoms with Crippen molar-refractivity contribution in [1.82, 2.24) is 19.6 Å². The predicted octanol–water partition coefficient (Wildman–Crippen LogP) is 7.54. The fraction of sp³-hybridized carbons (Fsp3) is 0.294. The minimum atomic E-state index is -0.806. The lowest BCUT2D eigenvalue weighted by Crippen LogP contribution is -2.28. The lowest BCUT2D eigenvalue weighted by atomic mass is 9.99. The smallest absolute Gasteiger partial charge is 0.214 e. The third-order valence-electron chi connectivity index (χ3n) is 7.32. The summed E-state index contributed by atoms with van der Waals surface area (Å²) in [5.41, 5.74) is 4.05. The quantitative estimate of drug-likeness (QED) is 0.0539. The van der Waals surface area contributed by atoms with E-state index in [9.17, 15) is 18.0 Å². The van der Waals surface area contributed by atoms with E-state index in [4.69, 9.17) is 4.74 Å². The molecule has 3 aromatic heterocycles. The van der Waals surface area contributed by atoms with Crippen LogP contribution < -0.4 is 20.2 Å². The Morgan fingerprint density at radius 2 is 1.96 bits per heavy atom. The Kier molecular flexibility index (Phi) is 10.1. The number of unbranched alkanes of at least 4 members (excludes halogenated alkanes) is 1. The maximum Gasteiger partial charge on any atom is 0.214 e. The van der Waals surface area contributed by atoms with E-state index in [0.29, 0.717) is 46.2 Å². The molecule has 0 unspecified atom stereocenters. The van der Waals surface area contributed by atoms with E-state index in [1.807, 2.05) is 32.1 Å². The van der Waals surface area contributed by atoms with E-state index in [1.165, 1.54) is 24.2 Å². The van der Waals surface area contributed by atoms with Crippen molar-refractivity contribution in [2.75, 3.05) is 17.1 Å². The van der Waals surface area contributed by atoms with Gasteiger partial charge in [0.05, 0.1) is 34.8 Å². The SMILES string of the molecule is C\C=c1/c(=C\C(=C\CCC)Oc2c(F)cccc2F)[nH]c2c(C(=O)c3cc4cc(C(C)C)c(NSCCCF)cc4[nH]3)cnn12.